The fraction of sp³-hybridized carbons (Fsp3) is 0.267. The van der Waals surface area contributed by atoms with Crippen molar-refractivity contribution in [2.45, 2.75) is 20.4 Å². The zero-order chi connectivity index (χ0) is 13.7. The van der Waals surface area contributed by atoms with Crippen LogP contribution in [0.15, 0.2) is 35.0 Å². The smallest absolute Gasteiger partial charge is 0.238 e. The quantitative estimate of drug-likeness (QED) is 0.879. The molecule has 0 aliphatic carbocycles. The van der Waals surface area contributed by atoms with Crippen molar-refractivity contribution < 1.29 is 4.79 Å². The minimum atomic E-state index is -0.0119. The number of hydrogen-bond acceptors (Lipinski definition) is 3. The number of aryl methyl sites for hydroxylation is 2. The molecule has 0 saturated heterocycles. The summed E-state index contributed by atoms with van der Waals surface area (Å²) in [5.41, 5.74) is 4.48. The van der Waals surface area contributed by atoms with E-state index in [1.807, 2.05) is 31.2 Å². The van der Waals surface area contributed by atoms with Gasteiger partial charge in [0, 0.05) is 12.2 Å². The van der Waals surface area contributed by atoms with Gasteiger partial charge >= 0.3 is 0 Å². The third kappa shape index (κ3) is 3.91. The first-order valence-corrected chi connectivity index (χ1v) is 7.19. The average molecular weight is 274 g/mol. The molecule has 0 aliphatic heterocycles. The Bertz CT molecular complexity index is 563. The molecule has 2 rings (SSSR count). The number of nitrogens with one attached hydrogen (secondary N) is 2. The van der Waals surface area contributed by atoms with Crippen molar-refractivity contribution in [1.82, 2.24) is 5.32 Å². The van der Waals surface area contributed by atoms with E-state index >= 15 is 0 Å². The van der Waals surface area contributed by atoms with Gasteiger partial charge in [0.25, 0.3) is 0 Å². The molecule has 1 amide bonds. The van der Waals surface area contributed by atoms with Crippen LogP contribution in [-0.2, 0) is 11.3 Å². The van der Waals surface area contributed by atoms with Crippen LogP contribution in [0.2, 0.25) is 0 Å². The highest BCUT2D eigenvalue weighted by molar-refractivity contribution is 7.08. The number of benzene rings is 1. The highest BCUT2D eigenvalue weighted by Crippen LogP contribution is 2.14. The summed E-state index contributed by atoms with van der Waals surface area (Å²) >= 11 is 1.69. The van der Waals surface area contributed by atoms with E-state index in [0.29, 0.717) is 6.54 Å². The van der Waals surface area contributed by atoms with Crippen molar-refractivity contribution in [3.05, 3.63) is 51.7 Å². The van der Waals surface area contributed by atoms with Gasteiger partial charge in [-0.2, -0.15) is 11.3 Å². The molecule has 0 radical (unpaired) electrons. The molecule has 1 aromatic heterocycles. The van der Waals surface area contributed by atoms with E-state index in [0.717, 1.165) is 17.8 Å². The average Bonchev–Trinajstić information content (AvgIpc) is 2.78. The van der Waals surface area contributed by atoms with Gasteiger partial charge in [0.15, 0.2) is 0 Å². The summed E-state index contributed by atoms with van der Waals surface area (Å²) < 4.78 is 0. The Hall–Kier alpha value is -1.65. The maximum absolute atomic E-state index is 11.8. The number of carbonyl (C=O) groups is 1. The molecular formula is C15H18N2OS. The predicted molar refractivity (Wildman–Crippen MR) is 80.6 cm³/mol. The van der Waals surface area contributed by atoms with Crippen LogP contribution in [0.3, 0.4) is 0 Å². The van der Waals surface area contributed by atoms with Gasteiger partial charge in [0.05, 0.1) is 6.54 Å². The van der Waals surface area contributed by atoms with Crippen molar-refractivity contribution in [1.29, 1.82) is 0 Å². The summed E-state index contributed by atoms with van der Waals surface area (Å²) in [5.74, 6) is -0.0119. The number of anilines is 1. The van der Waals surface area contributed by atoms with Gasteiger partial charge in [0.1, 0.15) is 0 Å². The van der Waals surface area contributed by atoms with Gasteiger partial charge in [-0.1, -0.05) is 18.2 Å². The monoisotopic (exact) mass is 274 g/mol. The second-order valence-electron chi connectivity index (χ2n) is 4.55. The molecule has 2 N–H and O–H groups in total. The molecule has 1 aromatic carbocycles. The van der Waals surface area contributed by atoms with E-state index in [1.54, 1.807) is 11.3 Å². The maximum Gasteiger partial charge on any atom is 0.238 e. The molecule has 0 bridgehead atoms. The number of rotatable bonds is 5. The molecule has 0 saturated carbocycles. The first-order valence-electron chi connectivity index (χ1n) is 6.24. The molecule has 0 spiro atoms. The molecule has 3 nitrogen and oxygen atoms in total. The molecular weight excluding hydrogens is 256 g/mol. The molecule has 2 aromatic rings. The number of carbonyl (C=O) groups excluding carboxylic acids is 1. The van der Waals surface area contributed by atoms with E-state index in [9.17, 15) is 4.79 Å². The van der Waals surface area contributed by atoms with Crippen molar-refractivity contribution in [2.24, 2.45) is 0 Å². The van der Waals surface area contributed by atoms with Gasteiger partial charge in [0.2, 0.25) is 5.91 Å². The van der Waals surface area contributed by atoms with Crippen LogP contribution < -0.4 is 10.6 Å². The fourth-order valence-corrected chi connectivity index (χ4v) is 2.64. The standard InChI is InChI=1S/C15H18N2OS/c1-11-5-3-4-6-14(11)17-15(18)8-16-7-13-10-19-9-12(13)2/h3-6,9-10,16H,7-8H2,1-2H3,(H,17,18). The summed E-state index contributed by atoms with van der Waals surface area (Å²) in [5, 5.41) is 10.3. The number of para-hydroxylation sites is 1. The molecule has 0 unspecified atom stereocenters. The molecule has 0 aliphatic rings. The van der Waals surface area contributed by atoms with Crippen LogP contribution >= 0.6 is 11.3 Å². The molecule has 1 heterocycles. The van der Waals surface area contributed by atoms with Gasteiger partial charge in [-0.3, -0.25) is 4.79 Å². The van der Waals surface area contributed by atoms with Crippen LogP contribution in [-0.4, -0.2) is 12.5 Å². The Kier molecular flexibility index (Phi) is 4.71. The maximum atomic E-state index is 11.8. The lowest BCUT2D eigenvalue weighted by atomic mass is 10.2. The summed E-state index contributed by atoms with van der Waals surface area (Å²) in [6.07, 6.45) is 0. The predicted octanol–water partition coefficient (Wildman–Crippen LogP) is 3.09. The third-order valence-corrected chi connectivity index (χ3v) is 3.89. The zero-order valence-electron chi connectivity index (χ0n) is 11.2. The van der Waals surface area contributed by atoms with Crippen molar-refractivity contribution in [3.63, 3.8) is 0 Å². The largest absolute Gasteiger partial charge is 0.325 e. The van der Waals surface area contributed by atoms with Crippen LogP contribution in [0.4, 0.5) is 5.69 Å². The lowest BCUT2D eigenvalue weighted by Crippen LogP contribution is -2.28. The van der Waals surface area contributed by atoms with Gasteiger partial charge in [-0.05, 0) is 47.4 Å². The van der Waals surface area contributed by atoms with E-state index < -0.39 is 0 Å². The third-order valence-electron chi connectivity index (χ3n) is 2.98. The van der Waals surface area contributed by atoms with Gasteiger partial charge in [-0.15, -0.1) is 0 Å². The van der Waals surface area contributed by atoms with Gasteiger partial charge < -0.3 is 10.6 Å². The highest BCUT2D eigenvalue weighted by atomic mass is 32.1. The SMILES string of the molecule is Cc1cscc1CNCC(=O)Nc1ccccc1C. The number of amides is 1. The Labute approximate surface area is 117 Å². The lowest BCUT2D eigenvalue weighted by molar-refractivity contribution is -0.115. The van der Waals surface area contributed by atoms with Crippen LogP contribution in [0, 0.1) is 13.8 Å². The van der Waals surface area contributed by atoms with E-state index in [1.165, 1.54) is 11.1 Å². The Balaban J connectivity index is 1.79. The summed E-state index contributed by atoms with van der Waals surface area (Å²) in [6, 6.07) is 7.78. The highest BCUT2D eigenvalue weighted by Gasteiger charge is 2.04. The molecule has 0 fully saturated rings. The molecule has 4 heteroatoms. The normalized spacial score (nSPS) is 10.4. The topological polar surface area (TPSA) is 41.1 Å². The lowest BCUT2D eigenvalue weighted by Gasteiger charge is -2.08. The van der Waals surface area contributed by atoms with Gasteiger partial charge in [-0.25, -0.2) is 0 Å². The van der Waals surface area contributed by atoms with Crippen LogP contribution in [0.1, 0.15) is 16.7 Å². The second-order valence-corrected chi connectivity index (χ2v) is 5.29. The zero-order valence-corrected chi connectivity index (χ0v) is 12.0. The van der Waals surface area contributed by atoms with Crippen LogP contribution in [0.5, 0.6) is 0 Å². The molecule has 19 heavy (non-hydrogen) atoms. The van der Waals surface area contributed by atoms with E-state index in [2.05, 4.69) is 28.3 Å². The summed E-state index contributed by atoms with van der Waals surface area (Å²) in [7, 11) is 0. The Morgan fingerprint density at radius 3 is 2.63 bits per heavy atom. The Morgan fingerprint density at radius 1 is 1.16 bits per heavy atom. The van der Waals surface area contributed by atoms with Crippen molar-refractivity contribution in [3.8, 4) is 0 Å². The summed E-state index contributed by atoms with van der Waals surface area (Å²) in [4.78, 5) is 11.8. The summed E-state index contributed by atoms with van der Waals surface area (Å²) in [6.45, 7) is 5.12. The second kappa shape index (κ2) is 6.50. The fourth-order valence-electron chi connectivity index (χ4n) is 1.79. The molecule has 100 valence electrons. The van der Waals surface area contributed by atoms with E-state index in [-0.39, 0.29) is 5.91 Å². The van der Waals surface area contributed by atoms with Crippen molar-refractivity contribution in [2.75, 3.05) is 11.9 Å². The van der Waals surface area contributed by atoms with E-state index in [4.69, 9.17) is 0 Å². The first kappa shape index (κ1) is 13.8. The minimum absolute atomic E-state index is 0.0119. The van der Waals surface area contributed by atoms with Crippen LogP contribution in [0.25, 0.3) is 0 Å². The van der Waals surface area contributed by atoms with Crippen molar-refractivity contribution >= 4 is 22.9 Å². The minimum Gasteiger partial charge on any atom is -0.325 e. The number of thiophene rings is 1. The Morgan fingerprint density at radius 2 is 1.95 bits per heavy atom. The number of hydrogen-bond donors (Lipinski definition) is 2. The molecule has 0 atom stereocenters. The first-order chi connectivity index (χ1) is 9.16.